The lowest BCUT2D eigenvalue weighted by Gasteiger charge is -2.13. The molecule has 0 fully saturated rings. The standard InChI is InChI=1S/C24H20ClN3O2S2/c1-14-10-11-15(25)12-18(14)26-20(29)13-31-24-27-22-21(17-8-5-9-19(17)32-22)23(30)28(24)16-6-3-2-4-7-16/h2-4,6-7,10-12H,5,8-9,13H2,1H3,(H,26,29). The van der Waals surface area contributed by atoms with E-state index in [0.717, 1.165) is 46.3 Å². The molecule has 0 radical (unpaired) electrons. The Morgan fingerprint density at radius 3 is 2.84 bits per heavy atom. The van der Waals surface area contributed by atoms with Gasteiger partial charge in [-0.2, -0.15) is 0 Å². The highest BCUT2D eigenvalue weighted by molar-refractivity contribution is 7.99. The van der Waals surface area contributed by atoms with Gasteiger partial charge in [0.15, 0.2) is 5.16 Å². The van der Waals surface area contributed by atoms with Gasteiger partial charge in [-0.3, -0.25) is 14.2 Å². The van der Waals surface area contributed by atoms with Gasteiger partial charge >= 0.3 is 0 Å². The molecule has 1 aliphatic rings. The molecule has 1 amide bonds. The van der Waals surface area contributed by atoms with E-state index in [0.29, 0.717) is 15.9 Å². The molecule has 8 heteroatoms. The zero-order valence-corrected chi connectivity index (χ0v) is 19.7. The Kier molecular flexibility index (Phi) is 5.80. The number of aryl methyl sites for hydroxylation is 3. The van der Waals surface area contributed by atoms with Crippen molar-refractivity contribution in [3.8, 4) is 5.69 Å². The van der Waals surface area contributed by atoms with E-state index >= 15 is 0 Å². The number of thiophene rings is 1. The maximum Gasteiger partial charge on any atom is 0.267 e. The second-order valence-electron chi connectivity index (χ2n) is 7.70. The number of carbonyl (C=O) groups excluding carboxylic acids is 1. The molecule has 0 atom stereocenters. The Balaban J connectivity index is 1.50. The third-order valence-electron chi connectivity index (χ3n) is 5.53. The van der Waals surface area contributed by atoms with Crippen LogP contribution in [0.1, 0.15) is 22.4 Å². The first kappa shape index (κ1) is 21.2. The minimum atomic E-state index is -0.178. The normalized spacial score (nSPS) is 12.8. The minimum absolute atomic E-state index is 0.0609. The van der Waals surface area contributed by atoms with Crippen molar-refractivity contribution >= 4 is 56.5 Å². The highest BCUT2D eigenvalue weighted by atomic mass is 35.5. The van der Waals surface area contributed by atoms with Crippen LogP contribution < -0.4 is 10.9 Å². The van der Waals surface area contributed by atoms with Crippen molar-refractivity contribution in [2.24, 2.45) is 0 Å². The van der Waals surface area contributed by atoms with Gasteiger partial charge in [-0.1, -0.05) is 47.6 Å². The lowest BCUT2D eigenvalue weighted by Crippen LogP contribution is -2.23. The van der Waals surface area contributed by atoms with E-state index in [-0.39, 0.29) is 17.2 Å². The number of carbonyl (C=O) groups is 1. The molecule has 0 saturated heterocycles. The van der Waals surface area contributed by atoms with Crippen molar-refractivity contribution in [1.29, 1.82) is 0 Å². The van der Waals surface area contributed by atoms with Crippen molar-refractivity contribution < 1.29 is 4.79 Å². The third-order valence-corrected chi connectivity index (χ3v) is 7.89. The number of rotatable bonds is 5. The van der Waals surface area contributed by atoms with Gasteiger partial charge in [0.25, 0.3) is 5.56 Å². The van der Waals surface area contributed by atoms with Crippen molar-refractivity contribution in [2.75, 3.05) is 11.1 Å². The lowest BCUT2D eigenvalue weighted by molar-refractivity contribution is -0.113. The fraction of sp³-hybridized carbons (Fsp3) is 0.208. The largest absolute Gasteiger partial charge is 0.325 e. The van der Waals surface area contributed by atoms with E-state index < -0.39 is 0 Å². The molecule has 1 N–H and O–H groups in total. The molecule has 0 unspecified atom stereocenters. The van der Waals surface area contributed by atoms with Crippen LogP contribution in [0.25, 0.3) is 15.9 Å². The molecule has 4 aromatic rings. The molecule has 5 rings (SSSR count). The first-order valence-corrected chi connectivity index (χ1v) is 12.5. The molecule has 162 valence electrons. The highest BCUT2D eigenvalue weighted by Gasteiger charge is 2.24. The van der Waals surface area contributed by atoms with Crippen molar-refractivity contribution in [1.82, 2.24) is 9.55 Å². The molecule has 0 spiro atoms. The number of amides is 1. The minimum Gasteiger partial charge on any atom is -0.325 e. The van der Waals surface area contributed by atoms with Gasteiger partial charge < -0.3 is 5.32 Å². The van der Waals surface area contributed by atoms with Gasteiger partial charge in [-0.15, -0.1) is 11.3 Å². The van der Waals surface area contributed by atoms with Crippen molar-refractivity contribution in [2.45, 2.75) is 31.3 Å². The van der Waals surface area contributed by atoms with E-state index in [1.54, 1.807) is 28.0 Å². The maximum atomic E-state index is 13.6. The Hall–Kier alpha value is -2.61. The van der Waals surface area contributed by atoms with E-state index in [1.807, 2.05) is 43.3 Å². The van der Waals surface area contributed by atoms with Crippen molar-refractivity contribution in [3.63, 3.8) is 0 Å². The summed E-state index contributed by atoms with van der Waals surface area (Å²) in [6.45, 7) is 1.91. The van der Waals surface area contributed by atoms with Crippen LogP contribution >= 0.6 is 34.7 Å². The van der Waals surface area contributed by atoms with Crippen molar-refractivity contribution in [3.05, 3.63) is 79.9 Å². The lowest BCUT2D eigenvalue weighted by atomic mass is 10.2. The third kappa shape index (κ3) is 3.96. The van der Waals surface area contributed by atoms with Crippen LogP contribution in [0, 0.1) is 6.92 Å². The summed E-state index contributed by atoms with van der Waals surface area (Å²) in [7, 11) is 0. The molecule has 2 aromatic heterocycles. The molecule has 2 aromatic carbocycles. The number of para-hydroxylation sites is 1. The molecule has 2 heterocycles. The van der Waals surface area contributed by atoms with Gasteiger partial charge in [0.05, 0.1) is 16.8 Å². The Labute approximate surface area is 198 Å². The Morgan fingerprint density at radius 2 is 2.03 bits per heavy atom. The number of thioether (sulfide) groups is 1. The van der Waals surface area contributed by atoms with Gasteiger partial charge in [0, 0.05) is 15.6 Å². The summed E-state index contributed by atoms with van der Waals surface area (Å²) in [5.41, 5.74) is 3.45. The summed E-state index contributed by atoms with van der Waals surface area (Å²) >= 11 is 8.93. The summed E-state index contributed by atoms with van der Waals surface area (Å²) in [6, 6.07) is 14.9. The number of halogens is 1. The van der Waals surface area contributed by atoms with Gasteiger partial charge in [0.1, 0.15) is 4.83 Å². The zero-order chi connectivity index (χ0) is 22.2. The van der Waals surface area contributed by atoms with E-state index in [1.165, 1.54) is 16.6 Å². The number of benzene rings is 2. The van der Waals surface area contributed by atoms with Crippen LogP contribution in [-0.2, 0) is 17.6 Å². The SMILES string of the molecule is Cc1ccc(Cl)cc1NC(=O)CSc1nc2sc3c(c2c(=O)n1-c1ccccc1)CCC3. The first-order chi connectivity index (χ1) is 15.5. The van der Waals surface area contributed by atoms with Gasteiger partial charge in [-0.25, -0.2) is 4.98 Å². The second kappa shape index (κ2) is 8.73. The fourth-order valence-electron chi connectivity index (χ4n) is 3.97. The Morgan fingerprint density at radius 1 is 1.22 bits per heavy atom. The van der Waals surface area contributed by atoms with E-state index in [9.17, 15) is 9.59 Å². The molecule has 0 aliphatic heterocycles. The number of anilines is 1. The summed E-state index contributed by atoms with van der Waals surface area (Å²) in [5, 5.41) is 4.72. The molecule has 32 heavy (non-hydrogen) atoms. The summed E-state index contributed by atoms with van der Waals surface area (Å²) in [6.07, 6.45) is 3.02. The number of nitrogens with one attached hydrogen (secondary N) is 1. The monoisotopic (exact) mass is 481 g/mol. The summed E-state index contributed by atoms with van der Waals surface area (Å²) in [4.78, 5) is 33.1. The van der Waals surface area contributed by atoms with Crippen LogP contribution in [0.3, 0.4) is 0 Å². The quantitative estimate of drug-likeness (QED) is 0.296. The summed E-state index contributed by atoms with van der Waals surface area (Å²) < 4.78 is 1.64. The van der Waals surface area contributed by atoms with Crippen LogP contribution in [0.15, 0.2) is 58.5 Å². The number of hydrogen-bond donors (Lipinski definition) is 1. The van der Waals surface area contributed by atoms with Crippen LogP contribution in [0.2, 0.25) is 5.02 Å². The Bertz CT molecular complexity index is 1400. The van der Waals surface area contributed by atoms with E-state index in [2.05, 4.69) is 5.32 Å². The van der Waals surface area contributed by atoms with Gasteiger partial charge in [0.2, 0.25) is 5.91 Å². The predicted molar refractivity (Wildman–Crippen MR) is 133 cm³/mol. The van der Waals surface area contributed by atoms with Crippen LogP contribution in [0.4, 0.5) is 5.69 Å². The topological polar surface area (TPSA) is 64.0 Å². The van der Waals surface area contributed by atoms with Crippen LogP contribution in [0.5, 0.6) is 0 Å². The van der Waals surface area contributed by atoms with E-state index in [4.69, 9.17) is 16.6 Å². The zero-order valence-electron chi connectivity index (χ0n) is 17.4. The molecule has 0 saturated carbocycles. The maximum absolute atomic E-state index is 13.6. The number of aromatic nitrogens is 2. The molecule has 5 nitrogen and oxygen atoms in total. The molecular weight excluding hydrogens is 462 g/mol. The van der Waals surface area contributed by atoms with Crippen LogP contribution in [-0.4, -0.2) is 21.2 Å². The number of fused-ring (bicyclic) bond motifs is 3. The fourth-order valence-corrected chi connectivity index (χ4v) is 6.26. The number of hydrogen-bond acceptors (Lipinski definition) is 5. The molecule has 1 aliphatic carbocycles. The van der Waals surface area contributed by atoms with Gasteiger partial charge in [-0.05, 0) is 61.6 Å². The molecule has 0 bridgehead atoms. The average Bonchev–Trinajstić information content (AvgIpc) is 3.36. The smallest absolute Gasteiger partial charge is 0.267 e. The average molecular weight is 482 g/mol. The second-order valence-corrected chi connectivity index (χ2v) is 10.2. The predicted octanol–water partition coefficient (Wildman–Crippen LogP) is 5.63. The number of nitrogens with zero attached hydrogens (tertiary/aromatic N) is 2. The first-order valence-electron chi connectivity index (χ1n) is 10.3. The highest BCUT2D eigenvalue weighted by Crippen LogP contribution is 2.36. The molecular formula is C24H20ClN3O2S2. The summed E-state index contributed by atoms with van der Waals surface area (Å²) in [5.74, 6) is -0.0510.